The molecule has 2 aromatic carbocycles. The lowest BCUT2D eigenvalue weighted by Gasteiger charge is -2.12. The summed E-state index contributed by atoms with van der Waals surface area (Å²) in [7, 11) is 0. The Morgan fingerprint density at radius 3 is 2.50 bits per heavy atom. The first-order valence-corrected chi connectivity index (χ1v) is 5.87. The molecule has 0 aliphatic carbocycles. The lowest BCUT2D eigenvalue weighted by Crippen LogP contribution is -2.03. The van der Waals surface area contributed by atoms with Crippen LogP contribution in [-0.2, 0) is 0 Å². The quantitative estimate of drug-likeness (QED) is 0.675. The number of rotatable bonds is 3. The van der Waals surface area contributed by atoms with Crippen LogP contribution in [0.1, 0.15) is 11.1 Å². The Morgan fingerprint density at radius 1 is 1.15 bits per heavy atom. The number of nitro groups is 1. The Bertz CT molecular complexity index is 687. The van der Waals surface area contributed by atoms with E-state index in [1.54, 1.807) is 19.1 Å². The summed E-state index contributed by atoms with van der Waals surface area (Å²) in [6.07, 6.45) is 0. The molecule has 0 unspecified atom stereocenters. The normalized spacial score (nSPS) is 10.4. The molecule has 0 aliphatic rings. The van der Waals surface area contributed by atoms with Crippen LogP contribution in [0, 0.1) is 35.6 Å². The van der Waals surface area contributed by atoms with Gasteiger partial charge in [-0.05, 0) is 37.1 Å². The maximum absolute atomic E-state index is 13.8. The number of aryl methyl sites for hydroxylation is 1. The molecule has 2 rings (SSSR count). The first kappa shape index (κ1) is 13.9. The number of hydrogen-bond donors (Lipinski definition) is 1. The van der Waals surface area contributed by atoms with Crippen LogP contribution < -0.4 is 5.32 Å². The van der Waals surface area contributed by atoms with Gasteiger partial charge in [-0.2, -0.15) is 0 Å². The van der Waals surface area contributed by atoms with Gasteiger partial charge in [0.2, 0.25) is 0 Å². The van der Waals surface area contributed by atoms with Gasteiger partial charge >= 0.3 is 0 Å². The van der Waals surface area contributed by atoms with Gasteiger partial charge in [-0.3, -0.25) is 10.1 Å². The van der Waals surface area contributed by atoms with Crippen molar-refractivity contribution in [1.29, 1.82) is 0 Å². The van der Waals surface area contributed by atoms with Crippen molar-refractivity contribution < 1.29 is 13.7 Å². The number of benzene rings is 2. The fourth-order valence-electron chi connectivity index (χ4n) is 1.83. The minimum Gasteiger partial charge on any atom is -0.347 e. The fourth-order valence-corrected chi connectivity index (χ4v) is 1.83. The van der Waals surface area contributed by atoms with Gasteiger partial charge in [0, 0.05) is 11.8 Å². The molecule has 1 N–H and O–H groups in total. The standard InChI is InChI=1S/C14H12F2N2O2/c1-8-4-3-5-11(9(8)2)17-14-12(18(19)20)7-6-10(15)13(14)16/h3-7,17H,1-2H3. The smallest absolute Gasteiger partial charge is 0.295 e. The lowest BCUT2D eigenvalue weighted by atomic mass is 10.1. The third-order valence-corrected chi connectivity index (χ3v) is 3.13. The Balaban J connectivity index is 2.55. The number of nitrogens with one attached hydrogen (secondary N) is 1. The van der Waals surface area contributed by atoms with E-state index in [1.165, 1.54) is 0 Å². The monoisotopic (exact) mass is 278 g/mol. The number of halogens is 2. The van der Waals surface area contributed by atoms with Crippen molar-refractivity contribution in [3.05, 3.63) is 63.2 Å². The second kappa shape index (κ2) is 5.24. The van der Waals surface area contributed by atoms with Gasteiger partial charge in [0.1, 0.15) is 0 Å². The molecule has 104 valence electrons. The van der Waals surface area contributed by atoms with E-state index in [1.807, 2.05) is 13.0 Å². The van der Waals surface area contributed by atoms with Crippen LogP contribution in [0.15, 0.2) is 30.3 Å². The van der Waals surface area contributed by atoms with Crippen molar-refractivity contribution in [3.8, 4) is 0 Å². The SMILES string of the molecule is Cc1cccc(Nc2c([N+](=O)[O-])ccc(F)c2F)c1C. The molecule has 0 saturated heterocycles. The third-order valence-electron chi connectivity index (χ3n) is 3.13. The van der Waals surface area contributed by atoms with Crippen LogP contribution in [-0.4, -0.2) is 4.92 Å². The minimum atomic E-state index is -1.26. The Labute approximate surface area is 114 Å². The van der Waals surface area contributed by atoms with Crippen LogP contribution in [0.25, 0.3) is 0 Å². The summed E-state index contributed by atoms with van der Waals surface area (Å²) in [5, 5.41) is 13.5. The van der Waals surface area contributed by atoms with Crippen LogP contribution in [0.2, 0.25) is 0 Å². The maximum atomic E-state index is 13.8. The zero-order chi connectivity index (χ0) is 14.9. The highest BCUT2D eigenvalue weighted by atomic mass is 19.2. The highest BCUT2D eigenvalue weighted by molar-refractivity contribution is 5.72. The van der Waals surface area contributed by atoms with Crippen molar-refractivity contribution in [1.82, 2.24) is 0 Å². The summed E-state index contributed by atoms with van der Waals surface area (Å²) in [6.45, 7) is 3.65. The average Bonchev–Trinajstić information content (AvgIpc) is 2.40. The number of hydrogen-bond acceptors (Lipinski definition) is 3. The predicted molar refractivity (Wildman–Crippen MR) is 72.2 cm³/mol. The van der Waals surface area contributed by atoms with Crippen molar-refractivity contribution in [3.63, 3.8) is 0 Å². The zero-order valence-electron chi connectivity index (χ0n) is 10.9. The highest BCUT2D eigenvalue weighted by Gasteiger charge is 2.22. The molecular weight excluding hydrogens is 266 g/mol. The van der Waals surface area contributed by atoms with E-state index in [-0.39, 0.29) is 0 Å². The Kier molecular flexibility index (Phi) is 3.65. The van der Waals surface area contributed by atoms with Crippen molar-refractivity contribution in [2.45, 2.75) is 13.8 Å². The molecule has 4 nitrogen and oxygen atoms in total. The molecule has 0 heterocycles. The second-order valence-corrected chi connectivity index (χ2v) is 4.39. The molecule has 0 saturated carbocycles. The number of nitro benzene ring substituents is 1. The lowest BCUT2D eigenvalue weighted by molar-refractivity contribution is -0.384. The third kappa shape index (κ3) is 2.45. The summed E-state index contributed by atoms with van der Waals surface area (Å²) in [5.74, 6) is -2.40. The van der Waals surface area contributed by atoms with E-state index >= 15 is 0 Å². The minimum absolute atomic E-state index is 0.469. The van der Waals surface area contributed by atoms with Gasteiger partial charge in [-0.1, -0.05) is 12.1 Å². The fraction of sp³-hybridized carbons (Fsp3) is 0.143. The molecule has 0 atom stereocenters. The van der Waals surface area contributed by atoms with E-state index < -0.39 is 27.9 Å². The molecular formula is C14H12F2N2O2. The van der Waals surface area contributed by atoms with Crippen LogP contribution in [0.5, 0.6) is 0 Å². The molecule has 0 bridgehead atoms. The topological polar surface area (TPSA) is 55.2 Å². The molecule has 0 fully saturated rings. The summed E-state index contributed by atoms with van der Waals surface area (Å²) in [5.41, 5.74) is 1.27. The second-order valence-electron chi connectivity index (χ2n) is 4.39. The van der Waals surface area contributed by atoms with Crippen LogP contribution >= 0.6 is 0 Å². The van der Waals surface area contributed by atoms with E-state index in [9.17, 15) is 18.9 Å². The summed E-state index contributed by atoms with van der Waals surface area (Å²) in [6, 6.07) is 6.91. The maximum Gasteiger partial charge on any atom is 0.295 e. The van der Waals surface area contributed by atoms with Crippen molar-refractivity contribution in [2.24, 2.45) is 0 Å². The van der Waals surface area contributed by atoms with Gasteiger partial charge < -0.3 is 5.32 Å². The predicted octanol–water partition coefficient (Wildman–Crippen LogP) is 4.23. The molecule has 2 aromatic rings. The van der Waals surface area contributed by atoms with Gasteiger partial charge in [-0.25, -0.2) is 8.78 Å². The summed E-state index contributed by atoms with van der Waals surface area (Å²) < 4.78 is 27.1. The van der Waals surface area contributed by atoms with E-state index in [0.29, 0.717) is 5.69 Å². The first-order valence-electron chi connectivity index (χ1n) is 5.87. The molecule has 20 heavy (non-hydrogen) atoms. The molecule has 0 radical (unpaired) electrons. The zero-order valence-corrected chi connectivity index (χ0v) is 10.9. The van der Waals surface area contributed by atoms with Crippen molar-refractivity contribution >= 4 is 17.1 Å². The van der Waals surface area contributed by atoms with Gasteiger partial charge in [0.15, 0.2) is 17.3 Å². The number of anilines is 2. The molecule has 6 heteroatoms. The molecule has 0 amide bonds. The summed E-state index contributed by atoms with van der Waals surface area (Å²) >= 11 is 0. The Morgan fingerprint density at radius 2 is 1.85 bits per heavy atom. The van der Waals surface area contributed by atoms with Gasteiger partial charge in [0.25, 0.3) is 5.69 Å². The van der Waals surface area contributed by atoms with Crippen molar-refractivity contribution in [2.75, 3.05) is 5.32 Å². The van der Waals surface area contributed by atoms with E-state index in [4.69, 9.17) is 0 Å². The molecule has 0 spiro atoms. The van der Waals surface area contributed by atoms with E-state index in [2.05, 4.69) is 5.32 Å². The first-order chi connectivity index (χ1) is 9.41. The highest BCUT2D eigenvalue weighted by Crippen LogP contribution is 2.33. The number of nitrogens with zero attached hydrogens (tertiary/aromatic N) is 1. The molecule has 0 aliphatic heterocycles. The van der Waals surface area contributed by atoms with Crippen LogP contribution in [0.4, 0.5) is 25.8 Å². The largest absolute Gasteiger partial charge is 0.347 e. The van der Waals surface area contributed by atoms with Gasteiger partial charge in [-0.15, -0.1) is 0 Å². The molecule has 0 aromatic heterocycles. The summed E-state index contributed by atoms with van der Waals surface area (Å²) in [4.78, 5) is 10.1. The Hall–Kier alpha value is -2.50. The van der Waals surface area contributed by atoms with Crippen LogP contribution in [0.3, 0.4) is 0 Å². The van der Waals surface area contributed by atoms with E-state index in [0.717, 1.165) is 23.3 Å². The van der Waals surface area contributed by atoms with Gasteiger partial charge in [0.05, 0.1) is 4.92 Å². The average molecular weight is 278 g/mol.